The standard InChI is InChI=1S/C36H25N3S/c1-22-13-16-31-27(19-22)26-15-18-33-34(28-20-23(2)14-17-32(28)40-33)35(26)39(31)36-37-29(24-9-5-3-6-10-24)21-30(38-36)25-11-7-4-8-12-25/h3-21H,1-2H3. The average Bonchev–Trinajstić information content (AvgIpc) is 3.52. The first-order valence-corrected chi connectivity index (χ1v) is 14.3. The molecule has 0 fully saturated rings. The maximum atomic E-state index is 5.24. The largest absolute Gasteiger partial charge is 0.277 e. The molecule has 40 heavy (non-hydrogen) atoms. The van der Waals surface area contributed by atoms with Crippen molar-refractivity contribution in [3.8, 4) is 28.5 Å². The van der Waals surface area contributed by atoms with Crippen molar-refractivity contribution in [2.75, 3.05) is 0 Å². The number of nitrogens with zero attached hydrogens (tertiary/aromatic N) is 3. The number of rotatable bonds is 3. The van der Waals surface area contributed by atoms with Crippen LogP contribution in [0, 0.1) is 13.8 Å². The normalized spacial score (nSPS) is 11.8. The van der Waals surface area contributed by atoms with Crippen molar-refractivity contribution < 1.29 is 0 Å². The molecule has 4 heteroatoms. The summed E-state index contributed by atoms with van der Waals surface area (Å²) in [7, 11) is 0. The zero-order valence-corrected chi connectivity index (χ0v) is 23.0. The Morgan fingerprint density at radius 1 is 0.550 bits per heavy atom. The highest BCUT2D eigenvalue weighted by molar-refractivity contribution is 7.26. The van der Waals surface area contributed by atoms with Crippen molar-refractivity contribution in [2.24, 2.45) is 0 Å². The van der Waals surface area contributed by atoms with E-state index < -0.39 is 0 Å². The Morgan fingerprint density at radius 2 is 1.15 bits per heavy atom. The van der Waals surface area contributed by atoms with Gasteiger partial charge in [-0.1, -0.05) is 90.0 Å². The van der Waals surface area contributed by atoms with Crippen LogP contribution in [0.5, 0.6) is 0 Å². The van der Waals surface area contributed by atoms with Gasteiger partial charge in [-0.2, -0.15) is 0 Å². The Bertz CT molecular complexity index is 2170. The fraction of sp³-hybridized carbons (Fsp3) is 0.0556. The van der Waals surface area contributed by atoms with Gasteiger partial charge in [-0.25, -0.2) is 9.97 Å². The second kappa shape index (κ2) is 8.87. The SMILES string of the molecule is Cc1ccc2sc3ccc4c5cc(C)ccc5n(-c5nc(-c6ccccc6)cc(-c6ccccc6)n5)c4c3c2c1. The number of hydrogen-bond acceptors (Lipinski definition) is 3. The van der Waals surface area contributed by atoms with Crippen LogP contribution in [0.25, 0.3) is 70.4 Å². The van der Waals surface area contributed by atoms with Gasteiger partial charge in [-0.3, -0.25) is 4.57 Å². The smallest absolute Gasteiger partial charge is 0.235 e. The van der Waals surface area contributed by atoms with E-state index in [9.17, 15) is 0 Å². The summed E-state index contributed by atoms with van der Waals surface area (Å²) in [5.74, 6) is 0.684. The second-order valence-corrected chi connectivity index (χ2v) is 11.5. The van der Waals surface area contributed by atoms with Gasteiger partial charge in [0, 0.05) is 42.1 Å². The minimum atomic E-state index is 0.684. The molecule has 0 N–H and O–H groups in total. The molecule has 3 aromatic heterocycles. The summed E-state index contributed by atoms with van der Waals surface area (Å²) in [5, 5.41) is 5.00. The number of benzene rings is 5. The van der Waals surface area contributed by atoms with Crippen LogP contribution in [0.15, 0.2) is 115 Å². The van der Waals surface area contributed by atoms with Gasteiger partial charge in [0.05, 0.1) is 22.4 Å². The number of fused-ring (bicyclic) bond motifs is 7. The third-order valence-electron chi connectivity index (χ3n) is 7.72. The first-order valence-electron chi connectivity index (χ1n) is 13.5. The first-order chi connectivity index (χ1) is 19.6. The molecule has 190 valence electrons. The highest BCUT2D eigenvalue weighted by Crippen LogP contribution is 2.43. The molecule has 8 aromatic rings. The van der Waals surface area contributed by atoms with Crippen molar-refractivity contribution >= 4 is 53.3 Å². The van der Waals surface area contributed by atoms with Crippen LogP contribution in [0.3, 0.4) is 0 Å². The van der Waals surface area contributed by atoms with Gasteiger partial charge in [0.25, 0.3) is 0 Å². The molecule has 8 rings (SSSR count). The Hall–Kier alpha value is -4.80. The summed E-state index contributed by atoms with van der Waals surface area (Å²) in [4.78, 5) is 10.5. The van der Waals surface area contributed by atoms with E-state index >= 15 is 0 Å². The van der Waals surface area contributed by atoms with Crippen LogP contribution in [0.2, 0.25) is 0 Å². The minimum Gasteiger partial charge on any atom is -0.277 e. The average molecular weight is 532 g/mol. The van der Waals surface area contributed by atoms with Crippen molar-refractivity contribution in [3.63, 3.8) is 0 Å². The molecule has 0 bridgehead atoms. The third-order valence-corrected chi connectivity index (χ3v) is 8.86. The van der Waals surface area contributed by atoms with Crippen molar-refractivity contribution in [3.05, 3.63) is 126 Å². The molecule has 0 amide bonds. The minimum absolute atomic E-state index is 0.684. The molecule has 5 aromatic carbocycles. The molecular weight excluding hydrogens is 506 g/mol. The molecular formula is C36H25N3S. The Morgan fingerprint density at radius 3 is 1.82 bits per heavy atom. The summed E-state index contributed by atoms with van der Waals surface area (Å²) < 4.78 is 4.86. The van der Waals surface area contributed by atoms with Crippen LogP contribution in [0.4, 0.5) is 0 Å². The van der Waals surface area contributed by atoms with Crippen LogP contribution in [-0.2, 0) is 0 Å². The van der Waals surface area contributed by atoms with Crippen LogP contribution >= 0.6 is 11.3 Å². The molecule has 3 nitrogen and oxygen atoms in total. The Kier molecular flexibility index (Phi) is 5.13. The molecule has 0 unspecified atom stereocenters. The van der Waals surface area contributed by atoms with Crippen LogP contribution in [-0.4, -0.2) is 14.5 Å². The zero-order valence-electron chi connectivity index (χ0n) is 22.2. The highest BCUT2D eigenvalue weighted by Gasteiger charge is 2.21. The van der Waals surface area contributed by atoms with E-state index in [1.54, 1.807) is 0 Å². The van der Waals surface area contributed by atoms with E-state index in [1.165, 1.54) is 47.6 Å². The lowest BCUT2D eigenvalue weighted by atomic mass is 10.1. The van der Waals surface area contributed by atoms with Gasteiger partial charge in [-0.05, 0) is 50.2 Å². The molecule has 0 atom stereocenters. The number of thiophene rings is 1. The van der Waals surface area contributed by atoms with Gasteiger partial charge in [-0.15, -0.1) is 11.3 Å². The van der Waals surface area contributed by atoms with Crippen molar-refractivity contribution in [2.45, 2.75) is 13.8 Å². The molecule has 0 aliphatic carbocycles. The molecule has 0 radical (unpaired) electrons. The molecule has 0 spiro atoms. The Balaban J connectivity index is 1.55. The van der Waals surface area contributed by atoms with E-state index in [4.69, 9.17) is 9.97 Å². The van der Waals surface area contributed by atoms with Gasteiger partial charge in [0.15, 0.2) is 0 Å². The lowest BCUT2D eigenvalue weighted by Crippen LogP contribution is -2.04. The van der Waals surface area contributed by atoms with Crippen molar-refractivity contribution in [1.29, 1.82) is 0 Å². The fourth-order valence-electron chi connectivity index (χ4n) is 5.85. The Labute approximate surface area is 236 Å². The maximum absolute atomic E-state index is 5.24. The fourth-order valence-corrected chi connectivity index (χ4v) is 6.94. The lowest BCUT2D eigenvalue weighted by molar-refractivity contribution is 0.998. The molecule has 0 saturated heterocycles. The first kappa shape index (κ1) is 23.1. The highest BCUT2D eigenvalue weighted by atomic mass is 32.1. The molecule has 0 aliphatic rings. The van der Waals surface area contributed by atoms with Gasteiger partial charge < -0.3 is 0 Å². The van der Waals surface area contributed by atoms with Gasteiger partial charge >= 0.3 is 0 Å². The van der Waals surface area contributed by atoms with E-state index in [0.29, 0.717) is 5.95 Å². The molecule has 0 aliphatic heterocycles. The summed E-state index contributed by atoms with van der Waals surface area (Å²) in [6.45, 7) is 4.32. The molecule has 0 saturated carbocycles. The van der Waals surface area contributed by atoms with E-state index in [-0.39, 0.29) is 0 Å². The number of hydrogen-bond donors (Lipinski definition) is 0. The summed E-state index contributed by atoms with van der Waals surface area (Å²) in [6, 6.07) is 40.9. The van der Waals surface area contributed by atoms with Crippen LogP contribution in [0.1, 0.15) is 11.1 Å². The third kappa shape index (κ3) is 3.57. The second-order valence-electron chi connectivity index (χ2n) is 10.5. The number of aryl methyl sites for hydroxylation is 2. The summed E-state index contributed by atoms with van der Waals surface area (Å²) in [5.41, 5.74) is 8.74. The molecule has 3 heterocycles. The quantitative estimate of drug-likeness (QED) is 0.227. The lowest BCUT2D eigenvalue weighted by Gasteiger charge is -2.12. The predicted molar refractivity (Wildman–Crippen MR) is 170 cm³/mol. The van der Waals surface area contributed by atoms with E-state index in [1.807, 2.05) is 23.5 Å². The van der Waals surface area contributed by atoms with Gasteiger partial charge in [0.2, 0.25) is 5.95 Å². The zero-order chi connectivity index (χ0) is 26.8. The van der Waals surface area contributed by atoms with Crippen LogP contribution < -0.4 is 0 Å². The summed E-state index contributed by atoms with van der Waals surface area (Å²) in [6.07, 6.45) is 0. The monoisotopic (exact) mass is 531 g/mol. The predicted octanol–water partition coefficient (Wildman–Crippen LogP) is 9.89. The summed E-state index contributed by atoms with van der Waals surface area (Å²) >= 11 is 1.85. The van der Waals surface area contributed by atoms with Crippen molar-refractivity contribution in [1.82, 2.24) is 14.5 Å². The topological polar surface area (TPSA) is 30.7 Å². The maximum Gasteiger partial charge on any atom is 0.235 e. The van der Waals surface area contributed by atoms with Gasteiger partial charge in [0.1, 0.15) is 0 Å². The van der Waals surface area contributed by atoms with E-state index in [2.05, 4.69) is 122 Å². The number of aromatic nitrogens is 3. The van der Waals surface area contributed by atoms with E-state index in [0.717, 1.165) is 28.0 Å².